The number of thioether (sulfide) groups is 1. The highest BCUT2D eigenvalue weighted by Gasteiger charge is 2.05. The first kappa shape index (κ1) is 14.7. The number of hydrogen-bond acceptors (Lipinski definition) is 2. The molecule has 0 fully saturated rings. The first-order valence-corrected chi connectivity index (χ1v) is 7.39. The lowest BCUT2D eigenvalue weighted by Gasteiger charge is -2.08. The smallest absolute Gasteiger partial charge is 0.123 e. The van der Waals surface area contributed by atoms with Crippen molar-refractivity contribution in [2.45, 2.75) is 17.2 Å². The molecule has 2 aromatic rings. The lowest BCUT2D eigenvalue weighted by atomic mass is 10.1. The van der Waals surface area contributed by atoms with Gasteiger partial charge in [0.05, 0.1) is 10.0 Å². The Morgan fingerprint density at radius 2 is 1.79 bits per heavy atom. The van der Waals surface area contributed by atoms with Gasteiger partial charge in [0.2, 0.25) is 0 Å². The summed E-state index contributed by atoms with van der Waals surface area (Å²) in [5.41, 5.74) is 7.47. The maximum absolute atomic E-state index is 13.1. The van der Waals surface area contributed by atoms with Crippen LogP contribution in [0.3, 0.4) is 0 Å². The van der Waals surface area contributed by atoms with Crippen LogP contribution >= 0.6 is 35.0 Å². The molecule has 1 nitrogen and oxygen atoms in total. The summed E-state index contributed by atoms with van der Waals surface area (Å²) in [4.78, 5) is 1.02. The first-order chi connectivity index (χ1) is 9.10. The SMILES string of the molecule is NCc1cc(F)ccc1CSc1ccc(Cl)c(Cl)c1. The summed E-state index contributed by atoms with van der Waals surface area (Å²) in [7, 11) is 0. The lowest BCUT2D eigenvalue weighted by Crippen LogP contribution is -2.01. The van der Waals surface area contributed by atoms with Gasteiger partial charge in [0.1, 0.15) is 5.82 Å². The van der Waals surface area contributed by atoms with E-state index in [0.29, 0.717) is 22.3 Å². The van der Waals surface area contributed by atoms with Crippen molar-refractivity contribution in [3.8, 4) is 0 Å². The van der Waals surface area contributed by atoms with E-state index in [0.717, 1.165) is 16.0 Å². The van der Waals surface area contributed by atoms with Gasteiger partial charge in [0, 0.05) is 17.2 Å². The highest BCUT2D eigenvalue weighted by Crippen LogP contribution is 2.30. The summed E-state index contributed by atoms with van der Waals surface area (Å²) in [6.07, 6.45) is 0. The predicted octanol–water partition coefficient (Wildman–Crippen LogP) is 4.88. The summed E-state index contributed by atoms with van der Waals surface area (Å²) >= 11 is 13.4. The van der Waals surface area contributed by atoms with Gasteiger partial charge in [-0.25, -0.2) is 4.39 Å². The molecule has 5 heteroatoms. The summed E-state index contributed by atoms with van der Waals surface area (Å²) in [5.74, 6) is 0.453. The van der Waals surface area contributed by atoms with Crippen molar-refractivity contribution in [2.24, 2.45) is 5.73 Å². The van der Waals surface area contributed by atoms with Crippen molar-refractivity contribution in [3.63, 3.8) is 0 Å². The van der Waals surface area contributed by atoms with Crippen molar-refractivity contribution in [1.82, 2.24) is 0 Å². The molecule has 0 aromatic heterocycles. The fourth-order valence-corrected chi connectivity index (χ4v) is 2.99. The van der Waals surface area contributed by atoms with Gasteiger partial charge in [-0.05, 0) is 41.5 Å². The van der Waals surface area contributed by atoms with Crippen LogP contribution in [0.4, 0.5) is 4.39 Å². The molecule has 2 rings (SSSR count). The Balaban J connectivity index is 2.12. The van der Waals surface area contributed by atoms with Crippen LogP contribution in [0.15, 0.2) is 41.3 Å². The molecule has 0 unspecified atom stereocenters. The Morgan fingerprint density at radius 3 is 2.47 bits per heavy atom. The minimum atomic E-state index is -0.260. The zero-order valence-electron chi connectivity index (χ0n) is 10.00. The standard InChI is InChI=1S/C14H12Cl2FNS/c15-13-4-3-12(6-14(13)16)19-8-9-1-2-11(17)5-10(9)7-18/h1-6H,7-8,18H2. The third-order valence-electron chi connectivity index (χ3n) is 2.67. The molecule has 0 saturated heterocycles. The average Bonchev–Trinajstić information content (AvgIpc) is 2.41. The highest BCUT2D eigenvalue weighted by molar-refractivity contribution is 7.98. The Bertz CT molecular complexity index is 590. The molecule has 19 heavy (non-hydrogen) atoms. The summed E-state index contributed by atoms with van der Waals surface area (Å²) in [6, 6.07) is 10.2. The molecule has 0 amide bonds. The maximum Gasteiger partial charge on any atom is 0.123 e. The molecule has 0 aliphatic rings. The summed E-state index contributed by atoms with van der Waals surface area (Å²) < 4.78 is 13.1. The number of halogens is 3. The third-order valence-corrected chi connectivity index (χ3v) is 4.46. The molecule has 0 heterocycles. The van der Waals surface area contributed by atoms with E-state index in [-0.39, 0.29) is 5.82 Å². The number of hydrogen-bond donors (Lipinski definition) is 1. The van der Waals surface area contributed by atoms with Gasteiger partial charge in [-0.1, -0.05) is 29.3 Å². The normalized spacial score (nSPS) is 10.7. The zero-order chi connectivity index (χ0) is 13.8. The molecule has 0 aliphatic carbocycles. The quantitative estimate of drug-likeness (QED) is 0.813. The van der Waals surface area contributed by atoms with Crippen LogP contribution < -0.4 is 5.73 Å². The molecule has 0 spiro atoms. The van der Waals surface area contributed by atoms with Crippen LogP contribution in [0.2, 0.25) is 10.0 Å². The van der Waals surface area contributed by atoms with Gasteiger partial charge in [0.25, 0.3) is 0 Å². The van der Waals surface area contributed by atoms with Crippen LogP contribution in [0.25, 0.3) is 0 Å². The molecule has 0 atom stereocenters. The average molecular weight is 316 g/mol. The van der Waals surface area contributed by atoms with Gasteiger partial charge in [-0.3, -0.25) is 0 Å². The topological polar surface area (TPSA) is 26.0 Å². The number of rotatable bonds is 4. The predicted molar refractivity (Wildman–Crippen MR) is 80.3 cm³/mol. The second kappa shape index (κ2) is 6.62. The highest BCUT2D eigenvalue weighted by atomic mass is 35.5. The van der Waals surface area contributed by atoms with Crippen LogP contribution in [0.5, 0.6) is 0 Å². The van der Waals surface area contributed by atoms with Crippen molar-refractivity contribution in [1.29, 1.82) is 0 Å². The minimum Gasteiger partial charge on any atom is -0.326 e. The van der Waals surface area contributed by atoms with Gasteiger partial charge in [0.15, 0.2) is 0 Å². The van der Waals surface area contributed by atoms with E-state index < -0.39 is 0 Å². The van der Waals surface area contributed by atoms with Crippen LogP contribution in [0.1, 0.15) is 11.1 Å². The Hall–Kier alpha value is -0.740. The Morgan fingerprint density at radius 1 is 1.00 bits per heavy atom. The summed E-state index contributed by atoms with van der Waals surface area (Å²) in [6.45, 7) is 0.328. The largest absolute Gasteiger partial charge is 0.326 e. The van der Waals surface area contributed by atoms with Crippen LogP contribution in [-0.4, -0.2) is 0 Å². The fraction of sp³-hybridized carbons (Fsp3) is 0.143. The molecule has 2 N–H and O–H groups in total. The van der Waals surface area contributed by atoms with E-state index in [1.807, 2.05) is 12.1 Å². The molecule has 0 radical (unpaired) electrons. The first-order valence-electron chi connectivity index (χ1n) is 5.65. The van der Waals surface area contributed by atoms with Crippen molar-refractivity contribution >= 4 is 35.0 Å². The molecule has 0 saturated carbocycles. The van der Waals surface area contributed by atoms with E-state index in [4.69, 9.17) is 28.9 Å². The van der Waals surface area contributed by atoms with Crippen molar-refractivity contribution in [3.05, 3.63) is 63.4 Å². The Labute approximate surface area is 125 Å². The zero-order valence-corrected chi connectivity index (χ0v) is 12.3. The van der Waals surface area contributed by atoms with Crippen LogP contribution in [-0.2, 0) is 12.3 Å². The number of benzene rings is 2. The minimum absolute atomic E-state index is 0.260. The molecular weight excluding hydrogens is 304 g/mol. The van der Waals surface area contributed by atoms with Gasteiger partial charge in [-0.2, -0.15) is 0 Å². The monoisotopic (exact) mass is 315 g/mol. The molecule has 2 aromatic carbocycles. The van der Waals surface area contributed by atoms with E-state index in [2.05, 4.69) is 0 Å². The van der Waals surface area contributed by atoms with Crippen molar-refractivity contribution < 1.29 is 4.39 Å². The molecular formula is C14H12Cl2FNS. The fourth-order valence-electron chi connectivity index (χ4n) is 1.65. The van der Waals surface area contributed by atoms with E-state index in [1.54, 1.807) is 23.9 Å². The summed E-state index contributed by atoms with van der Waals surface area (Å²) in [5, 5.41) is 1.07. The third kappa shape index (κ3) is 3.86. The van der Waals surface area contributed by atoms with Crippen LogP contribution in [0, 0.1) is 5.82 Å². The number of nitrogens with two attached hydrogens (primary N) is 1. The lowest BCUT2D eigenvalue weighted by molar-refractivity contribution is 0.624. The second-order valence-corrected chi connectivity index (χ2v) is 5.84. The van der Waals surface area contributed by atoms with E-state index in [1.165, 1.54) is 12.1 Å². The molecule has 100 valence electrons. The second-order valence-electron chi connectivity index (χ2n) is 3.98. The van der Waals surface area contributed by atoms with Gasteiger partial charge < -0.3 is 5.73 Å². The Kier molecular flexibility index (Phi) is 5.11. The molecule has 0 aliphatic heterocycles. The van der Waals surface area contributed by atoms with E-state index in [9.17, 15) is 4.39 Å². The molecule has 0 bridgehead atoms. The maximum atomic E-state index is 13.1. The van der Waals surface area contributed by atoms with E-state index >= 15 is 0 Å². The van der Waals surface area contributed by atoms with Crippen molar-refractivity contribution in [2.75, 3.05) is 0 Å². The van der Waals surface area contributed by atoms with Gasteiger partial charge in [-0.15, -0.1) is 11.8 Å². The van der Waals surface area contributed by atoms with Gasteiger partial charge >= 0.3 is 0 Å².